The molecule has 108 valence electrons. The predicted molar refractivity (Wildman–Crippen MR) is 76.9 cm³/mol. The first-order chi connectivity index (χ1) is 9.11. The lowest BCUT2D eigenvalue weighted by molar-refractivity contribution is 0.104. The van der Waals surface area contributed by atoms with Crippen LogP contribution in [0.5, 0.6) is 11.5 Å². The lowest BCUT2D eigenvalue weighted by Gasteiger charge is -2.15. The average Bonchev–Trinajstić information content (AvgIpc) is 2.41. The van der Waals surface area contributed by atoms with Gasteiger partial charge in [0.05, 0.1) is 6.61 Å². The van der Waals surface area contributed by atoms with Crippen molar-refractivity contribution in [1.29, 1.82) is 0 Å². The third-order valence-corrected chi connectivity index (χ3v) is 2.50. The van der Waals surface area contributed by atoms with E-state index in [4.69, 9.17) is 9.47 Å². The molecule has 0 amide bonds. The minimum absolute atomic E-state index is 0.287. The molecule has 0 aliphatic heterocycles. The van der Waals surface area contributed by atoms with Crippen molar-refractivity contribution in [2.45, 2.75) is 39.3 Å². The summed E-state index contributed by atoms with van der Waals surface area (Å²) in [7, 11) is 0. The molecule has 0 aliphatic rings. The van der Waals surface area contributed by atoms with E-state index in [1.807, 2.05) is 38.1 Å². The van der Waals surface area contributed by atoms with Crippen LogP contribution in [-0.4, -0.2) is 37.0 Å². The number of hydrogen-bond donors (Lipinski definition) is 2. The van der Waals surface area contributed by atoms with Crippen molar-refractivity contribution >= 4 is 0 Å². The van der Waals surface area contributed by atoms with E-state index in [1.54, 1.807) is 0 Å². The molecule has 1 aromatic rings. The molecule has 2 N–H and O–H groups in total. The molecule has 0 heterocycles. The second-order valence-corrected chi connectivity index (χ2v) is 4.85. The maximum Gasteiger partial charge on any atom is 0.119 e. The van der Waals surface area contributed by atoms with Gasteiger partial charge in [0.15, 0.2) is 0 Å². The van der Waals surface area contributed by atoms with E-state index in [1.165, 1.54) is 0 Å². The van der Waals surface area contributed by atoms with E-state index in [0.29, 0.717) is 12.6 Å². The summed E-state index contributed by atoms with van der Waals surface area (Å²) in [6.07, 6.45) is 0.492. The van der Waals surface area contributed by atoms with E-state index < -0.39 is 6.10 Å². The third kappa shape index (κ3) is 7.03. The van der Waals surface area contributed by atoms with Gasteiger partial charge in [-0.15, -0.1) is 0 Å². The molecule has 1 unspecified atom stereocenters. The summed E-state index contributed by atoms with van der Waals surface area (Å²) in [5, 5.41) is 12.9. The van der Waals surface area contributed by atoms with Crippen molar-refractivity contribution in [3.8, 4) is 11.5 Å². The molecule has 19 heavy (non-hydrogen) atoms. The number of rotatable bonds is 9. The standard InChI is InChI=1S/C15H25NO3/c1-4-9-18-14-5-7-15(8-6-14)19-11-13(17)10-16-12(2)3/h5-8,12-13,16-17H,4,9-11H2,1-3H3. The topological polar surface area (TPSA) is 50.7 Å². The van der Waals surface area contributed by atoms with Crippen molar-refractivity contribution in [2.75, 3.05) is 19.8 Å². The van der Waals surface area contributed by atoms with Crippen molar-refractivity contribution in [3.63, 3.8) is 0 Å². The van der Waals surface area contributed by atoms with Crippen molar-refractivity contribution in [3.05, 3.63) is 24.3 Å². The van der Waals surface area contributed by atoms with Gasteiger partial charge in [-0.25, -0.2) is 0 Å². The highest BCUT2D eigenvalue weighted by molar-refractivity contribution is 5.31. The number of benzene rings is 1. The SMILES string of the molecule is CCCOc1ccc(OCC(O)CNC(C)C)cc1. The molecule has 4 heteroatoms. The predicted octanol–water partition coefficient (Wildman–Crippen LogP) is 2.21. The van der Waals surface area contributed by atoms with Crippen LogP contribution in [0, 0.1) is 0 Å². The van der Waals surface area contributed by atoms with Gasteiger partial charge < -0.3 is 19.9 Å². The van der Waals surface area contributed by atoms with Crippen LogP contribution in [0.3, 0.4) is 0 Å². The molecular weight excluding hydrogens is 242 g/mol. The third-order valence-electron chi connectivity index (χ3n) is 2.50. The summed E-state index contributed by atoms with van der Waals surface area (Å²) in [6.45, 7) is 7.71. The minimum atomic E-state index is -0.501. The van der Waals surface area contributed by atoms with Gasteiger partial charge in [-0.1, -0.05) is 20.8 Å². The zero-order chi connectivity index (χ0) is 14.1. The summed E-state index contributed by atoms with van der Waals surface area (Å²) in [6, 6.07) is 7.83. The number of ether oxygens (including phenoxy) is 2. The number of aliphatic hydroxyl groups is 1. The van der Waals surface area contributed by atoms with Gasteiger partial charge in [0.25, 0.3) is 0 Å². The molecule has 0 saturated heterocycles. The first-order valence-electron chi connectivity index (χ1n) is 6.89. The van der Waals surface area contributed by atoms with Gasteiger partial charge in [-0.3, -0.25) is 0 Å². The first kappa shape index (κ1) is 15.8. The lowest BCUT2D eigenvalue weighted by Crippen LogP contribution is -2.35. The lowest BCUT2D eigenvalue weighted by atomic mass is 10.3. The van der Waals surface area contributed by atoms with Gasteiger partial charge in [-0.05, 0) is 30.7 Å². The Morgan fingerprint density at radius 3 is 2.21 bits per heavy atom. The molecule has 1 aromatic carbocycles. The molecule has 4 nitrogen and oxygen atoms in total. The maximum absolute atomic E-state index is 9.72. The largest absolute Gasteiger partial charge is 0.494 e. The molecule has 0 aliphatic carbocycles. The van der Waals surface area contributed by atoms with E-state index in [9.17, 15) is 5.11 Å². The molecule has 1 atom stereocenters. The van der Waals surface area contributed by atoms with Crippen LogP contribution in [0.1, 0.15) is 27.2 Å². The van der Waals surface area contributed by atoms with Crippen LogP contribution in [-0.2, 0) is 0 Å². The minimum Gasteiger partial charge on any atom is -0.494 e. The van der Waals surface area contributed by atoms with Gasteiger partial charge in [-0.2, -0.15) is 0 Å². The van der Waals surface area contributed by atoms with Crippen molar-refractivity contribution in [1.82, 2.24) is 5.32 Å². The Bertz CT molecular complexity index is 338. The van der Waals surface area contributed by atoms with Crippen LogP contribution in [0.15, 0.2) is 24.3 Å². The Labute approximate surface area is 115 Å². The fraction of sp³-hybridized carbons (Fsp3) is 0.600. The van der Waals surface area contributed by atoms with E-state index >= 15 is 0 Å². The van der Waals surface area contributed by atoms with E-state index in [2.05, 4.69) is 12.2 Å². The Kier molecular flexibility index (Phi) is 7.30. The smallest absolute Gasteiger partial charge is 0.119 e. The Hall–Kier alpha value is -1.26. The molecule has 0 radical (unpaired) electrons. The van der Waals surface area contributed by atoms with Crippen LogP contribution >= 0.6 is 0 Å². The van der Waals surface area contributed by atoms with Crippen LogP contribution in [0.25, 0.3) is 0 Å². The number of nitrogens with one attached hydrogen (secondary N) is 1. The molecular formula is C15H25NO3. The second kappa shape index (κ2) is 8.77. The van der Waals surface area contributed by atoms with Crippen molar-refractivity contribution < 1.29 is 14.6 Å². The highest BCUT2D eigenvalue weighted by atomic mass is 16.5. The molecule has 0 bridgehead atoms. The van der Waals surface area contributed by atoms with Crippen LogP contribution in [0.4, 0.5) is 0 Å². The summed E-state index contributed by atoms with van der Waals surface area (Å²) >= 11 is 0. The molecule has 0 spiro atoms. The summed E-state index contributed by atoms with van der Waals surface area (Å²) in [4.78, 5) is 0. The van der Waals surface area contributed by atoms with Crippen LogP contribution in [0.2, 0.25) is 0 Å². The van der Waals surface area contributed by atoms with Gasteiger partial charge in [0, 0.05) is 12.6 Å². The average molecular weight is 267 g/mol. The first-order valence-corrected chi connectivity index (χ1v) is 6.89. The van der Waals surface area contributed by atoms with Gasteiger partial charge in [0.2, 0.25) is 0 Å². The quantitative estimate of drug-likeness (QED) is 0.720. The second-order valence-electron chi connectivity index (χ2n) is 4.85. The zero-order valence-electron chi connectivity index (χ0n) is 12.1. The number of aliphatic hydroxyl groups excluding tert-OH is 1. The Balaban J connectivity index is 2.29. The highest BCUT2D eigenvalue weighted by Gasteiger charge is 2.06. The Morgan fingerprint density at radius 2 is 1.68 bits per heavy atom. The summed E-state index contributed by atoms with van der Waals surface area (Å²) in [5.74, 6) is 1.59. The monoisotopic (exact) mass is 267 g/mol. The molecule has 0 fully saturated rings. The fourth-order valence-corrected chi connectivity index (χ4v) is 1.48. The summed E-state index contributed by atoms with van der Waals surface area (Å²) in [5.41, 5.74) is 0. The van der Waals surface area contributed by atoms with E-state index in [-0.39, 0.29) is 6.61 Å². The zero-order valence-corrected chi connectivity index (χ0v) is 12.1. The normalized spacial score (nSPS) is 12.5. The van der Waals surface area contributed by atoms with Gasteiger partial charge >= 0.3 is 0 Å². The Morgan fingerprint density at radius 1 is 1.11 bits per heavy atom. The van der Waals surface area contributed by atoms with Gasteiger partial charge in [0.1, 0.15) is 24.2 Å². The fourth-order valence-electron chi connectivity index (χ4n) is 1.48. The summed E-state index contributed by atoms with van der Waals surface area (Å²) < 4.78 is 11.0. The van der Waals surface area contributed by atoms with E-state index in [0.717, 1.165) is 24.5 Å². The molecule has 1 rings (SSSR count). The molecule has 0 aromatic heterocycles. The number of hydrogen-bond acceptors (Lipinski definition) is 4. The highest BCUT2D eigenvalue weighted by Crippen LogP contribution is 2.17. The van der Waals surface area contributed by atoms with Crippen molar-refractivity contribution in [2.24, 2.45) is 0 Å². The molecule has 0 saturated carbocycles. The van der Waals surface area contributed by atoms with Crippen LogP contribution < -0.4 is 14.8 Å². The maximum atomic E-state index is 9.72.